The van der Waals surface area contributed by atoms with Gasteiger partial charge in [0.25, 0.3) is 0 Å². The molecule has 4 heteroatoms. The third-order valence-electron chi connectivity index (χ3n) is 3.36. The first-order chi connectivity index (χ1) is 10.1. The van der Waals surface area contributed by atoms with E-state index in [1.54, 1.807) is 18.2 Å². The summed E-state index contributed by atoms with van der Waals surface area (Å²) in [5.41, 5.74) is 7.90. The summed E-state index contributed by atoms with van der Waals surface area (Å²) in [5, 5.41) is 1.16. The van der Waals surface area contributed by atoms with Crippen LogP contribution in [0.15, 0.2) is 48.5 Å². The molecule has 0 bridgehead atoms. The second-order valence-corrected chi connectivity index (χ2v) is 5.85. The minimum absolute atomic E-state index is 0.116. The highest BCUT2D eigenvalue weighted by Gasteiger charge is 2.11. The molecule has 0 aliphatic rings. The van der Waals surface area contributed by atoms with Crippen LogP contribution in [0.2, 0.25) is 10.0 Å². The van der Waals surface area contributed by atoms with Gasteiger partial charge in [-0.2, -0.15) is 0 Å². The molecule has 0 fully saturated rings. The van der Waals surface area contributed by atoms with Gasteiger partial charge in [0.1, 0.15) is 5.78 Å². The van der Waals surface area contributed by atoms with Crippen molar-refractivity contribution in [3.05, 3.63) is 69.7 Å². The van der Waals surface area contributed by atoms with Crippen LogP contribution in [-0.4, -0.2) is 5.78 Å². The molecule has 1 unspecified atom stereocenters. The SMILES string of the molecule is NC(CCC(=O)Cc1cc(Cl)ccc1Cl)c1ccccc1. The van der Waals surface area contributed by atoms with Crippen molar-refractivity contribution in [2.45, 2.75) is 25.3 Å². The predicted octanol–water partition coefficient (Wildman–Crippen LogP) is 4.59. The summed E-state index contributed by atoms with van der Waals surface area (Å²) in [4.78, 5) is 12.1. The molecule has 2 aromatic carbocycles. The largest absolute Gasteiger partial charge is 0.324 e. The minimum atomic E-state index is -0.120. The van der Waals surface area contributed by atoms with E-state index in [4.69, 9.17) is 28.9 Å². The Morgan fingerprint density at radius 2 is 1.81 bits per heavy atom. The molecule has 2 nitrogen and oxygen atoms in total. The van der Waals surface area contributed by atoms with Crippen molar-refractivity contribution in [1.82, 2.24) is 0 Å². The maximum atomic E-state index is 12.1. The van der Waals surface area contributed by atoms with E-state index in [0.717, 1.165) is 11.1 Å². The maximum Gasteiger partial charge on any atom is 0.137 e. The number of ketones is 1. The van der Waals surface area contributed by atoms with Crippen LogP contribution in [0.5, 0.6) is 0 Å². The van der Waals surface area contributed by atoms with E-state index in [1.165, 1.54) is 0 Å². The zero-order valence-electron chi connectivity index (χ0n) is 11.6. The van der Waals surface area contributed by atoms with Crippen molar-refractivity contribution in [3.8, 4) is 0 Å². The number of Topliss-reactive ketones (excluding diaryl/α,β-unsaturated/α-hetero) is 1. The quantitative estimate of drug-likeness (QED) is 0.845. The van der Waals surface area contributed by atoms with Gasteiger partial charge in [0.2, 0.25) is 0 Å². The normalized spacial score (nSPS) is 12.1. The fourth-order valence-electron chi connectivity index (χ4n) is 2.16. The van der Waals surface area contributed by atoms with E-state index in [9.17, 15) is 4.79 Å². The summed E-state index contributed by atoms with van der Waals surface area (Å²) >= 11 is 12.0. The summed E-state index contributed by atoms with van der Waals surface area (Å²) < 4.78 is 0. The lowest BCUT2D eigenvalue weighted by molar-refractivity contribution is -0.118. The van der Waals surface area contributed by atoms with Crippen LogP contribution >= 0.6 is 23.2 Å². The molecule has 0 heterocycles. The molecule has 1 atom stereocenters. The van der Waals surface area contributed by atoms with Gasteiger partial charge < -0.3 is 5.73 Å². The molecule has 2 aromatic rings. The number of carbonyl (C=O) groups is 1. The number of carbonyl (C=O) groups excluding carboxylic acids is 1. The van der Waals surface area contributed by atoms with Crippen molar-refractivity contribution < 1.29 is 4.79 Å². The Kier molecular flexibility index (Phi) is 5.80. The van der Waals surface area contributed by atoms with Gasteiger partial charge in [0.05, 0.1) is 0 Å². The molecule has 2 rings (SSSR count). The van der Waals surface area contributed by atoms with Crippen LogP contribution in [0.3, 0.4) is 0 Å². The smallest absolute Gasteiger partial charge is 0.137 e. The highest BCUT2D eigenvalue weighted by atomic mass is 35.5. The average Bonchev–Trinajstić information content (AvgIpc) is 2.49. The van der Waals surface area contributed by atoms with Crippen LogP contribution < -0.4 is 5.73 Å². The Labute approximate surface area is 134 Å². The molecule has 0 saturated carbocycles. The van der Waals surface area contributed by atoms with E-state index < -0.39 is 0 Å². The second-order valence-electron chi connectivity index (χ2n) is 5.01. The first kappa shape index (κ1) is 16.0. The molecule has 0 saturated heterocycles. The topological polar surface area (TPSA) is 43.1 Å². The van der Waals surface area contributed by atoms with Gasteiger partial charge in [0.15, 0.2) is 0 Å². The van der Waals surface area contributed by atoms with Crippen molar-refractivity contribution >= 4 is 29.0 Å². The number of hydrogen-bond donors (Lipinski definition) is 1. The average molecular weight is 322 g/mol. The maximum absolute atomic E-state index is 12.1. The molecular formula is C17H17Cl2NO. The number of hydrogen-bond acceptors (Lipinski definition) is 2. The van der Waals surface area contributed by atoms with Gasteiger partial charge in [0, 0.05) is 28.9 Å². The summed E-state index contributed by atoms with van der Waals surface area (Å²) in [5.74, 6) is 0.116. The van der Waals surface area contributed by atoms with Crippen molar-refractivity contribution in [2.75, 3.05) is 0 Å². The van der Waals surface area contributed by atoms with Crippen molar-refractivity contribution in [1.29, 1.82) is 0 Å². The lowest BCUT2D eigenvalue weighted by atomic mass is 9.99. The van der Waals surface area contributed by atoms with Gasteiger partial charge in [-0.1, -0.05) is 53.5 Å². The number of benzene rings is 2. The third kappa shape index (κ3) is 4.85. The lowest BCUT2D eigenvalue weighted by Crippen LogP contribution is -2.13. The minimum Gasteiger partial charge on any atom is -0.324 e. The Bertz CT molecular complexity index is 613. The molecule has 2 N–H and O–H groups in total. The molecule has 0 aliphatic heterocycles. The van der Waals surface area contributed by atoms with Crippen molar-refractivity contribution in [3.63, 3.8) is 0 Å². The number of nitrogens with two attached hydrogens (primary N) is 1. The summed E-state index contributed by atoms with van der Waals surface area (Å²) in [7, 11) is 0. The molecule has 0 amide bonds. The van der Waals surface area contributed by atoms with Crippen LogP contribution in [-0.2, 0) is 11.2 Å². The van der Waals surface area contributed by atoms with Gasteiger partial charge in [-0.05, 0) is 35.7 Å². The summed E-state index contributed by atoms with van der Waals surface area (Å²) in [6, 6.07) is 14.8. The Hall–Kier alpha value is -1.35. The van der Waals surface area contributed by atoms with E-state index in [0.29, 0.717) is 29.3 Å². The van der Waals surface area contributed by atoms with E-state index in [1.807, 2.05) is 30.3 Å². The Morgan fingerprint density at radius 3 is 2.52 bits per heavy atom. The van der Waals surface area contributed by atoms with E-state index in [2.05, 4.69) is 0 Å². The first-order valence-corrected chi connectivity index (χ1v) is 7.58. The van der Waals surface area contributed by atoms with Gasteiger partial charge >= 0.3 is 0 Å². The summed E-state index contributed by atoms with van der Waals surface area (Å²) in [6.07, 6.45) is 1.35. The highest BCUT2D eigenvalue weighted by Crippen LogP contribution is 2.22. The third-order valence-corrected chi connectivity index (χ3v) is 3.96. The van der Waals surface area contributed by atoms with Crippen LogP contribution in [0.1, 0.15) is 30.0 Å². The number of rotatable bonds is 6. The molecule has 0 aliphatic carbocycles. The van der Waals surface area contributed by atoms with Gasteiger partial charge in [-0.15, -0.1) is 0 Å². The molecule has 0 aromatic heterocycles. The molecule has 0 radical (unpaired) electrons. The van der Waals surface area contributed by atoms with Gasteiger partial charge in [-0.25, -0.2) is 0 Å². The van der Waals surface area contributed by atoms with E-state index >= 15 is 0 Å². The van der Waals surface area contributed by atoms with Crippen molar-refractivity contribution in [2.24, 2.45) is 5.73 Å². The van der Waals surface area contributed by atoms with Crippen LogP contribution in [0.4, 0.5) is 0 Å². The fraction of sp³-hybridized carbons (Fsp3) is 0.235. The molecular weight excluding hydrogens is 305 g/mol. The Morgan fingerprint density at radius 1 is 1.10 bits per heavy atom. The zero-order chi connectivity index (χ0) is 15.2. The van der Waals surface area contributed by atoms with Gasteiger partial charge in [-0.3, -0.25) is 4.79 Å². The van der Waals surface area contributed by atoms with Crippen LogP contribution in [0.25, 0.3) is 0 Å². The molecule has 21 heavy (non-hydrogen) atoms. The van der Waals surface area contributed by atoms with Crippen LogP contribution in [0, 0.1) is 0 Å². The molecule has 110 valence electrons. The van der Waals surface area contributed by atoms with E-state index in [-0.39, 0.29) is 11.8 Å². The lowest BCUT2D eigenvalue weighted by Gasteiger charge is -2.11. The Balaban J connectivity index is 1.89. The zero-order valence-corrected chi connectivity index (χ0v) is 13.1. The second kappa shape index (κ2) is 7.60. The monoisotopic (exact) mass is 321 g/mol. The standard InChI is InChI=1S/C17H17Cl2NO/c18-14-6-8-16(19)13(10-14)11-15(21)7-9-17(20)12-4-2-1-3-5-12/h1-6,8,10,17H,7,9,11,20H2. The highest BCUT2D eigenvalue weighted by molar-refractivity contribution is 6.33. The summed E-state index contributed by atoms with van der Waals surface area (Å²) in [6.45, 7) is 0. The number of halogens is 2. The fourth-order valence-corrected chi connectivity index (χ4v) is 2.54. The molecule has 0 spiro atoms. The first-order valence-electron chi connectivity index (χ1n) is 6.82. The predicted molar refractivity (Wildman–Crippen MR) is 87.8 cm³/mol.